The maximum absolute atomic E-state index is 12.0. The van der Waals surface area contributed by atoms with Gasteiger partial charge in [-0.2, -0.15) is 0 Å². The summed E-state index contributed by atoms with van der Waals surface area (Å²) in [6.07, 6.45) is 1.72. The zero-order chi connectivity index (χ0) is 13.1. The molecule has 0 unspecified atom stereocenters. The molecule has 0 radical (unpaired) electrons. The second-order valence-corrected chi connectivity index (χ2v) is 5.36. The quantitative estimate of drug-likeness (QED) is 0.840. The van der Waals surface area contributed by atoms with E-state index in [1.165, 1.54) is 5.56 Å². The number of nitrogens with one attached hydrogen (secondary N) is 1. The number of benzene rings is 1. The fourth-order valence-electron chi connectivity index (χ4n) is 1.52. The summed E-state index contributed by atoms with van der Waals surface area (Å²) >= 11 is 2.17. The number of hydrogen-bond acceptors (Lipinski definition) is 2. The lowest BCUT2D eigenvalue weighted by Gasteiger charge is -2.06. The van der Waals surface area contributed by atoms with Crippen LogP contribution in [0.3, 0.4) is 0 Å². The van der Waals surface area contributed by atoms with Crippen molar-refractivity contribution in [3.05, 3.63) is 56.8 Å². The largest absolute Gasteiger partial charge is 0.307 e. The first-order valence-electron chi connectivity index (χ1n) is 5.56. The van der Waals surface area contributed by atoms with E-state index in [1.807, 2.05) is 38.1 Å². The SMILES string of the molecule is Cc1ccc(C(=O)Nc2ccc(I)cn2)cc1C. The van der Waals surface area contributed by atoms with Gasteiger partial charge < -0.3 is 5.32 Å². The molecule has 0 saturated heterocycles. The van der Waals surface area contributed by atoms with E-state index in [0.717, 1.165) is 9.13 Å². The van der Waals surface area contributed by atoms with Crippen LogP contribution in [0, 0.1) is 17.4 Å². The summed E-state index contributed by atoms with van der Waals surface area (Å²) in [5.41, 5.74) is 2.94. The molecule has 92 valence electrons. The third-order valence-corrected chi connectivity index (χ3v) is 3.38. The standard InChI is InChI=1S/C14H13IN2O/c1-9-3-4-11(7-10(9)2)14(18)17-13-6-5-12(15)8-16-13/h3-8H,1-2H3,(H,16,17,18). The smallest absolute Gasteiger partial charge is 0.256 e. The van der Waals surface area contributed by atoms with Gasteiger partial charge >= 0.3 is 0 Å². The topological polar surface area (TPSA) is 42.0 Å². The number of aryl methyl sites for hydroxylation is 2. The van der Waals surface area contributed by atoms with E-state index in [9.17, 15) is 4.79 Å². The highest BCUT2D eigenvalue weighted by Crippen LogP contribution is 2.12. The molecule has 1 amide bonds. The van der Waals surface area contributed by atoms with Gasteiger partial charge in [-0.3, -0.25) is 4.79 Å². The number of hydrogen-bond donors (Lipinski definition) is 1. The minimum absolute atomic E-state index is 0.133. The van der Waals surface area contributed by atoms with Gasteiger partial charge in [0, 0.05) is 15.3 Å². The molecule has 1 aromatic heterocycles. The highest BCUT2D eigenvalue weighted by atomic mass is 127. The van der Waals surface area contributed by atoms with E-state index in [2.05, 4.69) is 32.9 Å². The fraction of sp³-hybridized carbons (Fsp3) is 0.143. The minimum atomic E-state index is -0.133. The summed E-state index contributed by atoms with van der Waals surface area (Å²) in [4.78, 5) is 16.2. The van der Waals surface area contributed by atoms with Crippen molar-refractivity contribution in [2.75, 3.05) is 5.32 Å². The van der Waals surface area contributed by atoms with E-state index in [0.29, 0.717) is 11.4 Å². The van der Waals surface area contributed by atoms with Crippen LogP contribution in [0.25, 0.3) is 0 Å². The molecule has 4 heteroatoms. The zero-order valence-electron chi connectivity index (χ0n) is 10.2. The molecule has 2 aromatic rings. The lowest BCUT2D eigenvalue weighted by molar-refractivity contribution is 0.102. The number of rotatable bonds is 2. The van der Waals surface area contributed by atoms with Crippen LogP contribution in [-0.4, -0.2) is 10.9 Å². The van der Waals surface area contributed by atoms with Crippen molar-refractivity contribution in [3.63, 3.8) is 0 Å². The Morgan fingerprint density at radius 1 is 1.17 bits per heavy atom. The minimum Gasteiger partial charge on any atom is -0.307 e. The fourth-order valence-corrected chi connectivity index (χ4v) is 1.84. The van der Waals surface area contributed by atoms with Crippen LogP contribution in [0.2, 0.25) is 0 Å². The van der Waals surface area contributed by atoms with Crippen molar-refractivity contribution < 1.29 is 4.79 Å². The van der Waals surface area contributed by atoms with Gasteiger partial charge in [0.05, 0.1) is 0 Å². The molecule has 0 aliphatic rings. The lowest BCUT2D eigenvalue weighted by atomic mass is 10.1. The Morgan fingerprint density at radius 3 is 2.56 bits per heavy atom. The first kappa shape index (κ1) is 13.0. The summed E-state index contributed by atoms with van der Waals surface area (Å²) < 4.78 is 1.04. The van der Waals surface area contributed by atoms with Crippen molar-refractivity contribution in [3.8, 4) is 0 Å². The maximum Gasteiger partial charge on any atom is 0.256 e. The zero-order valence-corrected chi connectivity index (χ0v) is 12.4. The average molecular weight is 352 g/mol. The number of pyridine rings is 1. The number of halogens is 1. The molecular weight excluding hydrogens is 339 g/mol. The van der Waals surface area contributed by atoms with E-state index < -0.39 is 0 Å². The molecule has 0 atom stereocenters. The van der Waals surface area contributed by atoms with Gasteiger partial charge in [0.2, 0.25) is 0 Å². The number of carbonyl (C=O) groups is 1. The van der Waals surface area contributed by atoms with Gasteiger partial charge in [-0.1, -0.05) is 6.07 Å². The predicted octanol–water partition coefficient (Wildman–Crippen LogP) is 3.56. The van der Waals surface area contributed by atoms with Gasteiger partial charge in [0.15, 0.2) is 0 Å². The molecule has 0 aliphatic heterocycles. The van der Waals surface area contributed by atoms with Gasteiger partial charge in [0.1, 0.15) is 5.82 Å². The van der Waals surface area contributed by atoms with E-state index in [-0.39, 0.29) is 5.91 Å². The molecule has 3 nitrogen and oxygen atoms in total. The highest BCUT2D eigenvalue weighted by Gasteiger charge is 2.07. The number of amides is 1. The number of anilines is 1. The highest BCUT2D eigenvalue weighted by molar-refractivity contribution is 14.1. The van der Waals surface area contributed by atoms with E-state index in [4.69, 9.17) is 0 Å². The Morgan fingerprint density at radius 2 is 1.94 bits per heavy atom. The third-order valence-electron chi connectivity index (χ3n) is 2.74. The molecule has 0 aliphatic carbocycles. The number of aromatic nitrogens is 1. The van der Waals surface area contributed by atoms with Crippen LogP contribution >= 0.6 is 22.6 Å². The molecule has 2 rings (SSSR count). The molecule has 1 heterocycles. The van der Waals surface area contributed by atoms with E-state index >= 15 is 0 Å². The van der Waals surface area contributed by atoms with Crippen LogP contribution < -0.4 is 5.32 Å². The second kappa shape index (κ2) is 5.48. The van der Waals surface area contributed by atoms with Crippen molar-refractivity contribution in [2.45, 2.75) is 13.8 Å². The van der Waals surface area contributed by atoms with Crippen molar-refractivity contribution >= 4 is 34.3 Å². The molecule has 0 spiro atoms. The van der Waals surface area contributed by atoms with Crippen LogP contribution in [0.15, 0.2) is 36.5 Å². The molecular formula is C14H13IN2O. The van der Waals surface area contributed by atoms with Crippen LogP contribution in [-0.2, 0) is 0 Å². The number of nitrogens with zero attached hydrogens (tertiary/aromatic N) is 1. The number of carbonyl (C=O) groups excluding carboxylic acids is 1. The summed E-state index contributed by atoms with van der Waals surface area (Å²) in [6, 6.07) is 9.36. The van der Waals surface area contributed by atoms with Gasteiger partial charge in [-0.15, -0.1) is 0 Å². The van der Waals surface area contributed by atoms with Crippen LogP contribution in [0.5, 0.6) is 0 Å². The Balaban J connectivity index is 2.16. The third kappa shape index (κ3) is 3.07. The maximum atomic E-state index is 12.0. The molecule has 1 aromatic carbocycles. The Bertz CT molecular complexity index is 579. The predicted molar refractivity (Wildman–Crippen MR) is 80.8 cm³/mol. The summed E-state index contributed by atoms with van der Waals surface area (Å²) in [7, 11) is 0. The average Bonchev–Trinajstić information content (AvgIpc) is 2.35. The normalized spacial score (nSPS) is 10.2. The van der Waals surface area contributed by atoms with Gasteiger partial charge in [-0.05, 0) is 71.8 Å². The van der Waals surface area contributed by atoms with Gasteiger partial charge in [-0.25, -0.2) is 4.98 Å². The van der Waals surface area contributed by atoms with Crippen LogP contribution in [0.4, 0.5) is 5.82 Å². The summed E-state index contributed by atoms with van der Waals surface area (Å²) in [5, 5.41) is 2.78. The molecule has 1 N–H and O–H groups in total. The van der Waals surface area contributed by atoms with Crippen molar-refractivity contribution in [1.29, 1.82) is 0 Å². The Labute approximate surface area is 120 Å². The van der Waals surface area contributed by atoms with Crippen molar-refractivity contribution in [1.82, 2.24) is 4.98 Å². The van der Waals surface area contributed by atoms with E-state index in [1.54, 1.807) is 12.3 Å². The molecule has 0 fully saturated rings. The van der Waals surface area contributed by atoms with Gasteiger partial charge in [0.25, 0.3) is 5.91 Å². The molecule has 0 bridgehead atoms. The first-order chi connectivity index (χ1) is 8.56. The molecule has 18 heavy (non-hydrogen) atoms. The summed E-state index contributed by atoms with van der Waals surface area (Å²) in [5.74, 6) is 0.436. The van der Waals surface area contributed by atoms with Crippen molar-refractivity contribution in [2.24, 2.45) is 0 Å². The Kier molecular flexibility index (Phi) is 3.96. The monoisotopic (exact) mass is 352 g/mol. The Hall–Kier alpha value is -1.43. The second-order valence-electron chi connectivity index (χ2n) is 4.11. The van der Waals surface area contributed by atoms with Crippen LogP contribution in [0.1, 0.15) is 21.5 Å². The molecule has 0 saturated carbocycles. The summed E-state index contributed by atoms with van der Waals surface area (Å²) in [6.45, 7) is 4.02. The lowest BCUT2D eigenvalue weighted by Crippen LogP contribution is -2.13. The first-order valence-corrected chi connectivity index (χ1v) is 6.64.